The Morgan fingerprint density at radius 3 is 2.58 bits per heavy atom. The van der Waals surface area contributed by atoms with Crippen LogP contribution in [0.1, 0.15) is 18.9 Å². The third-order valence-electron chi connectivity index (χ3n) is 4.91. The summed E-state index contributed by atoms with van der Waals surface area (Å²) in [5, 5.41) is 11.4. The van der Waals surface area contributed by atoms with E-state index in [0.717, 1.165) is 10.8 Å². The highest BCUT2D eigenvalue weighted by molar-refractivity contribution is 8.27. The number of carboxylic acid groups (broad SMARTS) is 1. The molecule has 3 aromatic carbocycles. The van der Waals surface area contributed by atoms with Crippen molar-refractivity contribution in [2.45, 2.75) is 19.4 Å². The molecule has 4 rings (SSSR count). The van der Waals surface area contributed by atoms with E-state index < -0.39 is 12.1 Å². The number of thiocarbonyl (C=S) groups is 1. The molecule has 0 spiro atoms. The number of nitrogens with zero attached hydrogens (tertiary/aromatic N) is 1. The van der Waals surface area contributed by atoms with E-state index >= 15 is 0 Å². The Balaban J connectivity index is 1.65. The summed E-state index contributed by atoms with van der Waals surface area (Å²) in [5.41, 5.74) is 1.34. The van der Waals surface area contributed by atoms with E-state index in [0.29, 0.717) is 32.6 Å². The van der Waals surface area contributed by atoms with Crippen molar-refractivity contribution in [2.75, 3.05) is 4.90 Å². The quantitative estimate of drug-likeness (QED) is 0.397. The molecule has 1 unspecified atom stereocenters. The number of benzene rings is 3. The van der Waals surface area contributed by atoms with Crippen LogP contribution in [0.3, 0.4) is 0 Å². The molecule has 0 aliphatic carbocycles. The number of anilines is 1. The van der Waals surface area contributed by atoms with E-state index in [1.165, 1.54) is 16.7 Å². The summed E-state index contributed by atoms with van der Waals surface area (Å²) in [6.45, 7) is 1.75. The number of hydrogen-bond donors (Lipinski definition) is 1. The fraction of sp³-hybridized carbons (Fsp3) is 0.125. The van der Waals surface area contributed by atoms with Crippen molar-refractivity contribution in [1.29, 1.82) is 0 Å². The van der Waals surface area contributed by atoms with Crippen molar-refractivity contribution in [2.24, 2.45) is 0 Å². The zero-order chi connectivity index (χ0) is 22.0. The number of carbonyl (C=O) groups excluding carboxylic acids is 1. The van der Waals surface area contributed by atoms with Gasteiger partial charge in [0.15, 0.2) is 10.4 Å². The number of amides is 1. The first-order chi connectivity index (χ1) is 15.0. The molecule has 0 saturated carbocycles. The van der Waals surface area contributed by atoms with Gasteiger partial charge in [0.25, 0.3) is 5.91 Å². The number of ether oxygens (including phenoxy) is 1. The van der Waals surface area contributed by atoms with E-state index in [4.69, 9.17) is 17.0 Å². The number of fused-ring (bicyclic) bond motifs is 1. The van der Waals surface area contributed by atoms with E-state index in [1.54, 1.807) is 31.2 Å². The second-order valence-corrected chi connectivity index (χ2v) is 8.62. The maximum absolute atomic E-state index is 13.2. The molecule has 1 aliphatic heterocycles. The van der Waals surface area contributed by atoms with Gasteiger partial charge in [-0.25, -0.2) is 4.79 Å². The maximum atomic E-state index is 13.2. The lowest BCUT2D eigenvalue weighted by Gasteiger charge is -2.16. The van der Waals surface area contributed by atoms with Crippen LogP contribution >= 0.6 is 24.0 Å². The van der Waals surface area contributed by atoms with Crippen molar-refractivity contribution in [1.82, 2.24) is 0 Å². The summed E-state index contributed by atoms with van der Waals surface area (Å²) in [7, 11) is 0. The summed E-state index contributed by atoms with van der Waals surface area (Å²) in [6, 6.07) is 20.8. The molecule has 0 bridgehead atoms. The zero-order valence-corrected chi connectivity index (χ0v) is 18.3. The third kappa shape index (κ3) is 4.33. The molecule has 1 atom stereocenters. The average molecular weight is 450 g/mol. The standard InChI is InChI=1S/C24H19NO4S2/c1-2-19(23(27)28)29-20-10-6-5-9-17(20)14-21-22(26)25(24(30)31-21)18-12-11-15-7-3-4-8-16(15)13-18/h3-14,19H,2H2,1H3,(H,27,28)/b21-14+. The molecule has 1 fully saturated rings. The number of para-hydroxylation sites is 1. The van der Waals surface area contributed by atoms with Crippen LogP contribution in [-0.2, 0) is 9.59 Å². The van der Waals surface area contributed by atoms with Gasteiger partial charge in [0.1, 0.15) is 5.75 Å². The van der Waals surface area contributed by atoms with Crippen LogP contribution in [-0.4, -0.2) is 27.4 Å². The van der Waals surface area contributed by atoms with Crippen LogP contribution in [0.5, 0.6) is 5.75 Å². The van der Waals surface area contributed by atoms with Crippen LogP contribution in [0.2, 0.25) is 0 Å². The summed E-state index contributed by atoms with van der Waals surface area (Å²) in [6.07, 6.45) is 1.07. The van der Waals surface area contributed by atoms with Crippen LogP contribution in [0, 0.1) is 0 Å². The lowest BCUT2D eigenvalue weighted by Crippen LogP contribution is -2.27. The molecule has 31 heavy (non-hydrogen) atoms. The van der Waals surface area contributed by atoms with Crippen LogP contribution in [0.4, 0.5) is 5.69 Å². The van der Waals surface area contributed by atoms with Crippen molar-refractivity contribution >= 4 is 62.7 Å². The first kappa shape index (κ1) is 21.1. The minimum Gasteiger partial charge on any atom is -0.479 e. The molecule has 1 N–H and O–H groups in total. The predicted molar refractivity (Wildman–Crippen MR) is 128 cm³/mol. The van der Waals surface area contributed by atoms with Gasteiger partial charge in [0.05, 0.1) is 10.6 Å². The fourth-order valence-electron chi connectivity index (χ4n) is 3.32. The highest BCUT2D eigenvalue weighted by Crippen LogP contribution is 2.38. The van der Waals surface area contributed by atoms with Gasteiger partial charge in [-0.3, -0.25) is 9.69 Å². The number of carbonyl (C=O) groups is 2. The monoisotopic (exact) mass is 449 g/mol. The normalized spacial score (nSPS) is 16.2. The first-order valence-corrected chi connectivity index (χ1v) is 11.0. The summed E-state index contributed by atoms with van der Waals surface area (Å²) < 4.78 is 6.12. The topological polar surface area (TPSA) is 66.8 Å². The summed E-state index contributed by atoms with van der Waals surface area (Å²) >= 11 is 6.70. The number of carboxylic acids is 1. The Bertz CT molecular complexity index is 1220. The average Bonchev–Trinajstić information content (AvgIpc) is 3.05. The smallest absolute Gasteiger partial charge is 0.344 e. The van der Waals surface area contributed by atoms with Gasteiger partial charge < -0.3 is 9.84 Å². The molecule has 1 aliphatic rings. The minimum absolute atomic E-state index is 0.217. The molecular formula is C24H19NO4S2. The Hall–Kier alpha value is -3.16. The number of aliphatic carboxylic acids is 1. The second kappa shape index (κ2) is 8.91. The molecule has 5 nitrogen and oxygen atoms in total. The zero-order valence-electron chi connectivity index (χ0n) is 16.6. The summed E-state index contributed by atoms with van der Waals surface area (Å²) in [4.78, 5) is 26.5. The highest BCUT2D eigenvalue weighted by Gasteiger charge is 2.33. The first-order valence-electron chi connectivity index (χ1n) is 9.73. The van der Waals surface area contributed by atoms with E-state index in [2.05, 4.69) is 0 Å². The van der Waals surface area contributed by atoms with Gasteiger partial charge in [-0.1, -0.05) is 79.4 Å². The number of rotatable bonds is 6. The third-order valence-corrected chi connectivity index (χ3v) is 6.21. The summed E-state index contributed by atoms with van der Waals surface area (Å²) in [5.74, 6) is -0.835. The minimum atomic E-state index is -1.03. The maximum Gasteiger partial charge on any atom is 0.344 e. The van der Waals surface area contributed by atoms with E-state index in [-0.39, 0.29) is 5.91 Å². The predicted octanol–water partition coefficient (Wildman–Crippen LogP) is 5.49. The Kier molecular flexibility index (Phi) is 6.06. The van der Waals surface area contributed by atoms with Gasteiger partial charge >= 0.3 is 5.97 Å². The van der Waals surface area contributed by atoms with Gasteiger partial charge in [-0.2, -0.15) is 0 Å². The number of thioether (sulfide) groups is 1. The van der Waals surface area contributed by atoms with Crippen LogP contribution in [0.25, 0.3) is 16.8 Å². The molecule has 0 aromatic heterocycles. The molecule has 3 aromatic rings. The lowest BCUT2D eigenvalue weighted by molar-refractivity contribution is -0.145. The fourth-order valence-corrected chi connectivity index (χ4v) is 4.61. The molecule has 7 heteroatoms. The number of hydrogen-bond acceptors (Lipinski definition) is 5. The van der Waals surface area contributed by atoms with Crippen LogP contribution < -0.4 is 9.64 Å². The highest BCUT2D eigenvalue weighted by atomic mass is 32.2. The molecule has 0 radical (unpaired) electrons. The van der Waals surface area contributed by atoms with Crippen LogP contribution in [0.15, 0.2) is 71.6 Å². The Morgan fingerprint density at radius 2 is 1.84 bits per heavy atom. The second-order valence-electron chi connectivity index (χ2n) is 6.94. The van der Waals surface area contributed by atoms with Gasteiger partial charge in [0, 0.05) is 5.56 Å². The lowest BCUT2D eigenvalue weighted by atomic mass is 10.1. The van der Waals surface area contributed by atoms with Gasteiger partial charge in [-0.05, 0) is 41.5 Å². The van der Waals surface area contributed by atoms with Crippen molar-refractivity contribution in [3.05, 3.63) is 77.2 Å². The van der Waals surface area contributed by atoms with E-state index in [9.17, 15) is 14.7 Å². The molecule has 1 heterocycles. The van der Waals surface area contributed by atoms with Gasteiger partial charge in [-0.15, -0.1) is 0 Å². The Labute approximate surface area is 189 Å². The Morgan fingerprint density at radius 1 is 1.13 bits per heavy atom. The molecular weight excluding hydrogens is 430 g/mol. The van der Waals surface area contributed by atoms with E-state index in [1.807, 2.05) is 48.5 Å². The van der Waals surface area contributed by atoms with Crippen molar-refractivity contribution in [3.8, 4) is 5.75 Å². The largest absolute Gasteiger partial charge is 0.479 e. The molecule has 1 amide bonds. The van der Waals surface area contributed by atoms with Crippen molar-refractivity contribution in [3.63, 3.8) is 0 Å². The molecule has 1 saturated heterocycles. The molecule has 156 valence electrons. The SMILES string of the molecule is CCC(Oc1ccccc1/C=C1/SC(=S)N(c2ccc3ccccc3c2)C1=O)C(=O)O. The van der Waals surface area contributed by atoms with Gasteiger partial charge in [0.2, 0.25) is 0 Å². The van der Waals surface area contributed by atoms with Crippen molar-refractivity contribution < 1.29 is 19.4 Å².